The highest BCUT2D eigenvalue weighted by atomic mass is 32.2. The fourth-order valence-electron chi connectivity index (χ4n) is 2.23. The summed E-state index contributed by atoms with van der Waals surface area (Å²) < 4.78 is 34.9. The van der Waals surface area contributed by atoms with Crippen molar-refractivity contribution in [3.8, 4) is 0 Å². The molecule has 0 aliphatic carbocycles. The second-order valence-corrected chi connectivity index (χ2v) is 6.92. The van der Waals surface area contributed by atoms with Crippen LogP contribution in [0.3, 0.4) is 0 Å². The van der Waals surface area contributed by atoms with Crippen molar-refractivity contribution in [1.82, 2.24) is 0 Å². The maximum atomic E-state index is 12.4. The van der Waals surface area contributed by atoms with Crippen molar-refractivity contribution >= 4 is 21.5 Å². The van der Waals surface area contributed by atoms with Gasteiger partial charge in [0.1, 0.15) is 0 Å². The van der Waals surface area contributed by atoms with E-state index in [2.05, 4.69) is 0 Å². The second-order valence-electron chi connectivity index (χ2n) is 4.89. The van der Waals surface area contributed by atoms with Gasteiger partial charge in [0, 0.05) is 12.3 Å². The molecule has 0 amide bonds. The highest BCUT2D eigenvalue weighted by Crippen LogP contribution is 2.23. The number of benzene rings is 1. The van der Waals surface area contributed by atoms with Crippen LogP contribution in [0.5, 0.6) is 0 Å². The van der Waals surface area contributed by atoms with Crippen LogP contribution in [0, 0.1) is 0 Å². The fraction of sp³-hybridized carbons (Fsp3) is 0.500. The summed E-state index contributed by atoms with van der Waals surface area (Å²) in [6.07, 6.45) is 1.33. The average Bonchev–Trinajstić information content (AvgIpc) is 2.91. The summed E-state index contributed by atoms with van der Waals surface area (Å²) in [5.74, 6) is -0.705. The first-order valence-corrected chi connectivity index (χ1v) is 8.50. The van der Waals surface area contributed by atoms with Gasteiger partial charge in [-0.05, 0) is 38.0 Å². The SMILES string of the molecule is CCOC(=O)c1cc(S(=O)(=O)CC2CCCO2)ccc1N. The third-order valence-corrected chi connectivity index (χ3v) is 5.09. The van der Waals surface area contributed by atoms with Gasteiger partial charge < -0.3 is 15.2 Å². The predicted octanol–water partition coefficient (Wildman–Crippen LogP) is 1.40. The lowest BCUT2D eigenvalue weighted by atomic mass is 10.2. The van der Waals surface area contributed by atoms with E-state index in [-0.39, 0.29) is 34.6 Å². The Bertz CT molecular complexity index is 620. The number of nitrogens with two attached hydrogens (primary N) is 1. The Hall–Kier alpha value is -1.60. The van der Waals surface area contributed by atoms with E-state index in [4.69, 9.17) is 15.2 Å². The average molecular weight is 313 g/mol. The van der Waals surface area contributed by atoms with Crippen LogP contribution in [0.4, 0.5) is 5.69 Å². The van der Waals surface area contributed by atoms with Gasteiger partial charge in [0.25, 0.3) is 0 Å². The molecule has 21 heavy (non-hydrogen) atoms. The Labute approximate surface area is 124 Å². The number of ether oxygens (including phenoxy) is 2. The molecule has 0 bridgehead atoms. The van der Waals surface area contributed by atoms with E-state index in [1.165, 1.54) is 18.2 Å². The molecule has 0 aromatic heterocycles. The zero-order valence-electron chi connectivity index (χ0n) is 11.9. The number of carbonyl (C=O) groups excluding carboxylic acids is 1. The van der Waals surface area contributed by atoms with Crippen LogP contribution < -0.4 is 5.73 Å². The highest BCUT2D eigenvalue weighted by Gasteiger charge is 2.26. The molecule has 2 rings (SSSR count). The van der Waals surface area contributed by atoms with E-state index >= 15 is 0 Å². The molecule has 1 heterocycles. The number of hydrogen-bond acceptors (Lipinski definition) is 6. The zero-order chi connectivity index (χ0) is 15.5. The summed E-state index contributed by atoms with van der Waals surface area (Å²) in [5, 5.41) is 0. The van der Waals surface area contributed by atoms with Gasteiger partial charge in [0.15, 0.2) is 9.84 Å². The van der Waals surface area contributed by atoms with E-state index in [0.717, 1.165) is 12.8 Å². The molecule has 1 saturated heterocycles. The van der Waals surface area contributed by atoms with Crippen molar-refractivity contribution in [2.24, 2.45) is 0 Å². The summed E-state index contributed by atoms with van der Waals surface area (Å²) in [6, 6.07) is 4.09. The molecule has 0 radical (unpaired) electrons. The molecule has 1 aliphatic heterocycles. The van der Waals surface area contributed by atoms with Gasteiger partial charge >= 0.3 is 5.97 Å². The molecule has 1 aromatic rings. The maximum absolute atomic E-state index is 12.4. The Morgan fingerprint density at radius 3 is 2.86 bits per heavy atom. The lowest BCUT2D eigenvalue weighted by Crippen LogP contribution is -2.20. The number of nitrogen functional groups attached to an aromatic ring is 1. The topological polar surface area (TPSA) is 95.7 Å². The third kappa shape index (κ3) is 3.74. The Balaban J connectivity index is 2.26. The quantitative estimate of drug-likeness (QED) is 0.652. The molecule has 0 saturated carbocycles. The first kappa shape index (κ1) is 15.8. The summed E-state index contributed by atoms with van der Waals surface area (Å²) in [6.45, 7) is 2.47. The second kappa shape index (κ2) is 6.44. The first-order chi connectivity index (χ1) is 9.94. The summed E-state index contributed by atoms with van der Waals surface area (Å²) in [4.78, 5) is 11.8. The predicted molar refractivity (Wildman–Crippen MR) is 77.8 cm³/mol. The molecular weight excluding hydrogens is 294 g/mol. The van der Waals surface area contributed by atoms with Crippen LogP contribution in [0.1, 0.15) is 30.1 Å². The molecule has 116 valence electrons. The number of sulfone groups is 1. The summed E-state index contributed by atoms with van der Waals surface area (Å²) in [5.41, 5.74) is 5.98. The number of carbonyl (C=O) groups is 1. The van der Waals surface area contributed by atoms with E-state index in [1.54, 1.807) is 6.92 Å². The number of hydrogen-bond donors (Lipinski definition) is 1. The Morgan fingerprint density at radius 1 is 1.48 bits per heavy atom. The third-order valence-electron chi connectivity index (χ3n) is 3.31. The van der Waals surface area contributed by atoms with Gasteiger partial charge in [0.2, 0.25) is 0 Å². The van der Waals surface area contributed by atoms with Crippen molar-refractivity contribution in [1.29, 1.82) is 0 Å². The minimum Gasteiger partial charge on any atom is -0.462 e. The van der Waals surface area contributed by atoms with Gasteiger partial charge in [-0.1, -0.05) is 0 Å². The van der Waals surface area contributed by atoms with E-state index in [9.17, 15) is 13.2 Å². The van der Waals surface area contributed by atoms with Crippen molar-refractivity contribution in [3.63, 3.8) is 0 Å². The maximum Gasteiger partial charge on any atom is 0.340 e. The lowest BCUT2D eigenvalue weighted by Gasteiger charge is -2.12. The minimum atomic E-state index is -3.52. The van der Waals surface area contributed by atoms with Gasteiger partial charge in [-0.15, -0.1) is 0 Å². The molecule has 6 nitrogen and oxygen atoms in total. The smallest absolute Gasteiger partial charge is 0.340 e. The summed E-state index contributed by atoms with van der Waals surface area (Å²) >= 11 is 0. The monoisotopic (exact) mass is 313 g/mol. The number of rotatable bonds is 5. The molecule has 7 heteroatoms. The highest BCUT2D eigenvalue weighted by molar-refractivity contribution is 7.91. The molecule has 1 atom stereocenters. The molecule has 2 N–H and O–H groups in total. The van der Waals surface area contributed by atoms with Crippen molar-refractivity contribution in [2.75, 3.05) is 24.7 Å². The van der Waals surface area contributed by atoms with Crippen LogP contribution in [0.2, 0.25) is 0 Å². The van der Waals surface area contributed by atoms with Crippen molar-refractivity contribution in [2.45, 2.75) is 30.8 Å². The largest absolute Gasteiger partial charge is 0.462 e. The van der Waals surface area contributed by atoms with Crippen LogP contribution in [-0.2, 0) is 19.3 Å². The van der Waals surface area contributed by atoms with E-state index < -0.39 is 15.8 Å². The number of anilines is 1. The minimum absolute atomic E-state index is 0.0650. The van der Waals surface area contributed by atoms with Crippen LogP contribution in [-0.4, -0.2) is 39.5 Å². The van der Waals surface area contributed by atoms with Crippen molar-refractivity contribution in [3.05, 3.63) is 23.8 Å². The van der Waals surface area contributed by atoms with E-state index in [0.29, 0.717) is 6.61 Å². The normalized spacial score (nSPS) is 18.6. The fourth-order valence-corrected chi connectivity index (χ4v) is 3.75. The van der Waals surface area contributed by atoms with Crippen LogP contribution in [0.15, 0.2) is 23.1 Å². The standard InChI is InChI=1S/C14H19NO5S/c1-2-19-14(16)12-8-11(5-6-13(12)15)21(17,18)9-10-4-3-7-20-10/h5-6,8,10H,2-4,7,9,15H2,1H3. The molecule has 0 spiro atoms. The van der Waals surface area contributed by atoms with Gasteiger partial charge in [-0.3, -0.25) is 0 Å². The number of esters is 1. The molecular formula is C14H19NO5S. The van der Waals surface area contributed by atoms with Crippen LogP contribution >= 0.6 is 0 Å². The van der Waals surface area contributed by atoms with Gasteiger partial charge in [0.05, 0.1) is 28.9 Å². The van der Waals surface area contributed by atoms with Gasteiger partial charge in [-0.25, -0.2) is 13.2 Å². The van der Waals surface area contributed by atoms with E-state index in [1.807, 2.05) is 0 Å². The molecule has 1 aliphatic rings. The summed E-state index contributed by atoms with van der Waals surface area (Å²) in [7, 11) is -3.52. The van der Waals surface area contributed by atoms with Crippen LogP contribution in [0.25, 0.3) is 0 Å². The first-order valence-electron chi connectivity index (χ1n) is 6.85. The molecule has 1 fully saturated rings. The van der Waals surface area contributed by atoms with Gasteiger partial charge in [-0.2, -0.15) is 0 Å². The Kier molecular flexibility index (Phi) is 4.84. The zero-order valence-corrected chi connectivity index (χ0v) is 12.7. The Morgan fingerprint density at radius 2 is 2.24 bits per heavy atom. The lowest BCUT2D eigenvalue weighted by molar-refractivity contribution is 0.0527. The molecule has 1 aromatic carbocycles. The van der Waals surface area contributed by atoms with Crippen molar-refractivity contribution < 1.29 is 22.7 Å². The molecule has 1 unspecified atom stereocenters.